The SMILES string of the molecule is Cc1cc2oc3c(c(=O)c2cc1C)[C@@H](c1ccc(O)cc1)N(C[C@@H]1CCCO1)C3=O. The Bertz CT molecular complexity index is 1200. The highest BCUT2D eigenvalue weighted by molar-refractivity contribution is 5.99. The van der Waals surface area contributed by atoms with Crippen LogP contribution in [0, 0.1) is 13.8 Å². The van der Waals surface area contributed by atoms with Gasteiger partial charge in [0, 0.05) is 13.2 Å². The van der Waals surface area contributed by atoms with E-state index in [1.807, 2.05) is 26.0 Å². The molecular weight excluding hydrogens is 382 g/mol. The van der Waals surface area contributed by atoms with Crippen molar-refractivity contribution in [1.82, 2.24) is 4.90 Å². The molecule has 1 saturated heterocycles. The number of aromatic hydroxyl groups is 1. The number of benzene rings is 2. The Morgan fingerprint density at radius 1 is 1.10 bits per heavy atom. The zero-order chi connectivity index (χ0) is 21.0. The predicted octanol–water partition coefficient (Wildman–Crippen LogP) is 3.84. The third kappa shape index (κ3) is 2.91. The number of aryl methyl sites for hydroxylation is 2. The Hall–Kier alpha value is -3.12. The molecule has 3 aromatic rings. The number of hydrogen-bond acceptors (Lipinski definition) is 5. The number of carbonyl (C=O) groups excluding carboxylic acids is 1. The van der Waals surface area contributed by atoms with E-state index < -0.39 is 6.04 Å². The van der Waals surface area contributed by atoms with Gasteiger partial charge in [-0.3, -0.25) is 9.59 Å². The molecule has 6 heteroatoms. The van der Waals surface area contributed by atoms with Crippen LogP contribution in [0.2, 0.25) is 0 Å². The van der Waals surface area contributed by atoms with Crippen LogP contribution in [0.3, 0.4) is 0 Å². The van der Waals surface area contributed by atoms with Crippen LogP contribution < -0.4 is 5.43 Å². The lowest BCUT2D eigenvalue weighted by Crippen LogP contribution is -2.36. The average molecular weight is 405 g/mol. The molecule has 0 radical (unpaired) electrons. The highest BCUT2D eigenvalue weighted by Gasteiger charge is 2.43. The second-order valence-corrected chi connectivity index (χ2v) is 8.19. The Kier molecular flexibility index (Phi) is 4.40. The summed E-state index contributed by atoms with van der Waals surface area (Å²) in [7, 11) is 0. The molecule has 5 rings (SSSR count). The smallest absolute Gasteiger partial charge is 0.291 e. The van der Waals surface area contributed by atoms with Gasteiger partial charge in [-0.2, -0.15) is 0 Å². The predicted molar refractivity (Wildman–Crippen MR) is 112 cm³/mol. The van der Waals surface area contributed by atoms with Crippen LogP contribution in [-0.4, -0.2) is 35.2 Å². The van der Waals surface area contributed by atoms with E-state index in [9.17, 15) is 14.7 Å². The third-order valence-electron chi connectivity index (χ3n) is 6.22. The first-order chi connectivity index (χ1) is 14.4. The molecule has 2 aliphatic rings. The lowest BCUT2D eigenvalue weighted by molar-refractivity contribution is 0.0486. The number of fused-ring (bicyclic) bond motifs is 2. The number of amides is 1. The van der Waals surface area contributed by atoms with Gasteiger partial charge in [-0.05, 0) is 67.6 Å². The molecule has 30 heavy (non-hydrogen) atoms. The fourth-order valence-corrected chi connectivity index (χ4v) is 4.47. The topological polar surface area (TPSA) is 80.0 Å². The van der Waals surface area contributed by atoms with Crippen molar-refractivity contribution in [1.29, 1.82) is 0 Å². The first kappa shape index (κ1) is 18.9. The Morgan fingerprint density at radius 2 is 1.83 bits per heavy atom. The largest absolute Gasteiger partial charge is 0.508 e. The molecule has 1 N–H and O–H groups in total. The summed E-state index contributed by atoms with van der Waals surface area (Å²) in [6.45, 7) is 4.98. The molecule has 2 aliphatic heterocycles. The molecule has 154 valence electrons. The second kappa shape index (κ2) is 6.99. The van der Waals surface area contributed by atoms with E-state index in [1.54, 1.807) is 29.2 Å². The molecule has 0 aliphatic carbocycles. The summed E-state index contributed by atoms with van der Waals surface area (Å²) in [5.41, 5.74) is 3.36. The van der Waals surface area contributed by atoms with Crippen molar-refractivity contribution < 1.29 is 19.1 Å². The molecule has 6 nitrogen and oxygen atoms in total. The van der Waals surface area contributed by atoms with Crippen molar-refractivity contribution in [3.63, 3.8) is 0 Å². The first-order valence-electron chi connectivity index (χ1n) is 10.2. The quantitative estimate of drug-likeness (QED) is 0.716. The molecule has 0 spiro atoms. The van der Waals surface area contributed by atoms with Gasteiger partial charge in [0.1, 0.15) is 11.3 Å². The fourth-order valence-electron chi connectivity index (χ4n) is 4.47. The normalized spacial score (nSPS) is 20.9. The number of hydrogen-bond donors (Lipinski definition) is 1. The van der Waals surface area contributed by atoms with E-state index in [0.29, 0.717) is 29.7 Å². The molecule has 3 heterocycles. The van der Waals surface area contributed by atoms with E-state index in [-0.39, 0.29) is 28.9 Å². The van der Waals surface area contributed by atoms with E-state index >= 15 is 0 Å². The van der Waals surface area contributed by atoms with Gasteiger partial charge in [-0.25, -0.2) is 0 Å². The van der Waals surface area contributed by atoms with Gasteiger partial charge in [-0.15, -0.1) is 0 Å². The number of phenolic OH excluding ortho intramolecular Hbond substituents is 1. The molecule has 1 aromatic heterocycles. The van der Waals surface area contributed by atoms with Crippen molar-refractivity contribution in [2.45, 2.75) is 38.8 Å². The number of rotatable bonds is 3. The second-order valence-electron chi connectivity index (χ2n) is 8.19. The minimum Gasteiger partial charge on any atom is -0.508 e. The summed E-state index contributed by atoms with van der Waals surface area (Å²) in [4.78, 5) is 28.6. The molecule has 2 aromatic carbocycles. The maximum atomic E-state index is 13.5. The fraction of sp³-hybridized carbons (Fsp3) is 0.333. The van der Waals surface area contributed by atoms with Gasteiger partial charge in [-0.1, -0.05) is 12.1 Å². The van der Waals surface area contributed by atoms with Crippen LogP contribution in [0.4, 0.5) is 0 Å². The van der Waals surface area contributed by atoms with Gasteiger partial charge >= 0.3 is 0 Å². The van der Waals surface area contributed by atoms with Crippen LogP contribution in [0.15, 0.2) is 45.6 Å². The lowest BCUT2D eigenvalue weighted by Gasteiger charge is -2.27. The van der Waals surface area contributed by atoms with Crippen LogP contribution in [0.25, 0.3) is 11.0 Å². The summed E-state index contributed by atoms with van der Waals surface area (Å²) in [6, 6.07) is 9.70. The minimum absolute atomic E-state index is 0.0584. The van der Waals surface area contributed by atoms with Crippen molar-refractivity contribution >= 4 is 16.9 Å². The molecule has 2 atom stereocenters. The molecule has 0 unspecified atom stereocenters. The Labute approximate surface area is 173 Å². The van der Waals surface area contributed by atoms with Gasteiger partial charge in [0.15, 0.2) is 5.43 Å². The Balaban J connectivity index is 1.72. The van der Waals surface area contributed by atoms with Crippen molar-refractivity contribution in [3.8, 4) is 5.75 Å². The van der Waals surface area contributed by atoms with Gasteiger partial charge < -0.3 is 19.2 Å². The van der Waals surface area contributed by atoms with Crippen LogP contribution in [0.5, 0.6) is 5.75 Å². The average Bonchev–Trinajstić information content (AvgIpc) is 3.33. The summed E-state index contributed by atoms with van der Waals surface area (Å²) >= 11 is 0. The highest BCUT2D eigenvalue weighted by atomic mass is 16.5. The van der Waals surface area contributed by atoms with E-state index in [2.05, 4.69) is 0 Å². The molecule has 0 saturated carbocycles. The van der Waals surface area contributed by atoms with Crippen LogP contribution in [0.1, 0.15) is 51.7 Å². The minimum atomic E-state index is -0.570. The van der Waals surface area contributed by atoms with E-state index in [1.165, 1.54) is 0 Å². The number of phenols is 1. The van der Waals surface area contributed by atoms with Crippen LogP contribution in [-0.2, 0) is 4.74 Å². The summed E-state index contributed by atoms with van der Waals surface area (Å²) in [5.74, 6) is -0.0618. The van der Waals surface area contributed by atoms with E-state index in [4.69, 9.17) is 9.15 Å². The lowest BCUT2D eigenvalue weighted by atomic mass is 9.97. The van der Waals surface area contributed by atoms with E-state index in [0.717, 1.165) is 29.5 Å². The molecule has 1 fully saturated rings. The number of carbonyl (C=O) groups is 1. The zero-order valence-electron chi connectivity index (χ0n) is 17.0. The molecular formula is C24H23NO5. The van der Waals surface area contributed by atoms with Crippen molar-refractivity contribution in [2.24, 2.45) is 0 Å². The zero-order valence-corrected chi connectivity index (χ0v) is 17.0. The standard InChI is InChI=1S/C24H23NO5/c1-13-10-18-19(11-14(13)2)30-23-20(22(18)27)21(15-5-7-16(26)8-6-15)25(24(23)28)12-17-4-3-9-29-17/h5-8,10-11,17,21,26H,3-4,9,12H2,1-2H3/t17-,21+/m0/s1. The summed E-state index contributed by atoms with van der Waals surface area (Å²) in [6.07, 6.45) is 1.78. The highest BCUT2D eigenvalue weighted by Crippen LogP contribution is 2.39. The molecule has 0 bridgehead atoms. The monoisotopic (exact) mass is 405 g/mol. The number of ether oxygens (including phenoxy) is 1. The third-order valence-corrected chi connectivity index (χ3v) is 6.22. The number of nitrogens with zero attached hydrogens (tertiary/aromatic N) is 1. The van der Waals surface area contributed by atoms with Gasteiger partial charge in [0.25, 0.3) is 5.91 Å². The van der Waals surface area contributed by atoms with Crippen LogP contribution >= 0.6 is 0 Å². The maximum Gasteiger partial charge on any atom is 0.291 e. The Morgan fingerprint density at radius 3 is 2.53 bits per heavy atom. The molecule has 1 amide bonds. The summed E-state index contributed by atoms with van der Waals surface area (Å²) < 4.78 is 11.8. The van der Waals surface area contributed by atoms with Gasteiger partial charge in [0.05, 0.1) is 23.1 Å². The summed E-state index contributed by atoms with van der Waals surface area (Å²) in [5, 5.41) is 10.2. The van der Waals surface area contributed by atoms with Crippen molar-refractivity contribution in [3.05, 3.63) is 74.6 Å². The van der Waals surface area contributed by atoms with Gasteiger partial charge in [0.2, 0.25) is 5.76 Å². The first-order valence-corrected chi connectivity index (χ1v) is 10.2. The van der Waals surface area contributed by atoms with Crippen molar-refractivity contribution in [2.75, 3.05) is 13.2 Å². The maximum absolute atomic E-state index is 13.5.